The minimum Gasteiger partial charge on any atom is -0.319 e. The summed E-state index contributed by atoms with van der Waals surface area (Å²) < 4.78 is 53.1. The van der Waals surface area contributed by atoms with Gasteiger partial charge in [-0.3, -0.25) is 9.69 Å². The molecule has 1 aliphatic rings. The molecule has 0 bridgehead atoms. The number of alkyl halides is 3. The maximum Gasteiger partial charge on any atom is 0.419 e. The standard InChI is InChI=1S/C19H20F4N2O/c1-24-7-4-15(11-18(24)26)14-5-8-25(9-6-14)12-13-2-3-16(17(20)10-13)19(21,22)23/h2-4,7,10-11,14H,5-6,8-9,12H2,1H3. The lowest BCUT2D eigenvalue weighted by molar-refractivity contribution is -0.140. The molecule has 1 aromatic heterocycles. The lowest BCUT2D eigenvalue weighted by atomic mass is 9.90. The summed E-state index contributed by atoms with van der Waals surface area (Å²) in [6.07, 6.45) is -1.20. The van der Waals surface area contributed by atoms with Crippen molar-refractivity contribution in [1.29, 1.82) is 0 Å². The minimum absolute atomic E-state index is 0.0369. The topological polar surface area (TPSA) is 25.2 Å². The third kappa shape index (κ3) is 4.15. The van der Waals surface area contributed by atoms with Crippen LogP contribution in [0, 0.1) is 5.82 Å². The molecule has 3 nitrogen and oxygen atoms in total. The van der Waals surface area contributed by atoms with Gasteiger partial charge in [-0.1, -0.05) is 6.07 Å². The normalized spacial score (nSPS) is 16.8. The molecule has 3 rings (SSSR count). The quantitative estimate of drug-likeness (QED) is 0.768. The fraction of sp³-hybridized carbons (Fsp3) is 0.421. The van der Waals surface area contributed by atoms with E-state index in [9.17, 15) is 22.4 Å². The molecule has 0 atom stereocenters. The van der Waals surface area contributed by atoms with Crippen LogP contribution in [0.15, 0.2) is 41.3 Å². The van der Waals surface area contributed by atoms with E-state index in [4.69, 9.17) is 0 Å². The summed E-state index contributed by atoms with van der Waals surface area (Å²) in [7, 11) is 1.71. The van der Waals surface area contributed by atoms with Crippen LogP contribution in [0.5, 0.6) is 0 Å². The third-order valence-electron chi connectivity index (χ3n) is 4.93. The molecule has 0 spiro atoms. The molecular weight excluding hydrogens is 348 g/mol. The van der Waals surface area contributed by atoms with Gasteiger partial charge in [0.05, 0.1) is 5.56 Å². The van der Waals surface area contributed by atoms with Gasteiger partial charge in [0.15, 0.2) is 0 Å². The zero-order chi connectivity index (χ0) is 18.9. The lowest BCUT2D eigenvalue weighted by Crippen LogP contribution is -2.33. The third-order valence-corrected chi connectivity index (χ3v) is 4.93. The molecule has 0 aliphatic carbocycles. The predicted octanol–water partition coefficient (Wildman–Crippen LogP) is 3.92. The molecular formula is C19H20F4N2O. The highest BCUT2D eigenvalue weighted by Gasteiger charge is 2.34. The van der Waals surface area contributed by atoms with E-state index in [1.165, 1.54) is 10.6 Å². The Kier molecular flexibility index (Phi) is 5.18. The number of nitrogens with zero attached hydrogens (tertiary/aromatic N) is 2. The molecule has 0 N–H and O–H groups in total. The molecule has 140 valence electrons. The van der Waals surface area contributed by atoms with E-state index >= 15 is 0 Å². The molecule has 1 fully saturated rings. The molecule has 1 aromatic carbocycles. The second-order valence-corrected chi connectivity index (χ2v) is 6.77. The van der Waals surface area contributed by atoms with Crippen LogP contribution in [0.2, 0.25) is 0 Å². The first kappa shape index (κ1) is 18.6. The summed E-state index contributed by atoms with van der Waals surface area (Å²) in [6.45, 7) is 1.92. The van der Waals surface area contributed by atoms with E-state index in [0.717, 1.165) is 43.6 Å². The predicted molar refractivity (Wildman–Crippen MR) is 90.3 cm³/mol. The van der Waals surface area contributed by atoms with Crippen molar-refractivity contribution in [1.82, 2.24) is 9.47 Å². The first-order chi connectivity index (χ1) is 12.2. The van der Waals surface area contributed by atoms with E-state index in [-0.39, 0.29) is 5.56 Å². The van der Waals surface area contributed by atoms with Crippen molar-refractivity contribution < 1.29 is 17.6 Å². The molecule has 0 unspecified atom stereocenters. The highest BCUT2D eigenvalue weighted by atomic mass is 19.4. The van der Waals surface area contributed by atoms with Gasteiger partial charge in [-0.25, -0.2) is 4.39 Å². The number of piperidine rings is 1. The van der Waals surface area contributed by atoms with E-state index in [0.29, 0.717) is 18.0 Å². The maximum absolute atomic E-state index is 13.7. The van der Waals surface area contributed by atoms with Crippen LogP contribution in [0.3, 0.4) is 0 Å². The Morgan fingerprint density at radius 1 is 1.12 bits per heavy atom. The molecule has 0 radical (unpaired) electrons. The van der Waals surface area contributed by atoms with Gasteiger partial charge in [0, 0.05) is 25.9 Å². The van der Waals surface area contributed by atoms with Gasteiger partial charge < -0.3 is 4.57 Å². The van der Waals surface area contributed by atoms with Crippen LogP contribution < -0.4 is 5.56 Å². The molecule has 0 saturated carbocycles. The van der Waals surface area contributed by atoms with Gasteiger partial charge in [-0.2, -0.15) is 13.2 Å². The Bertz CT molecular complexity index is 836. The summed E-state index contributed by atoms with van der Waals surface area (Å²) in [5.74, 6) is -0.936. The monoisotopic (exact) mass is 368 g/mol. The van der Waals surface area contributed by atoms with Crippen molar-refractivity contribution in [2.45, 2.75) is 31.5 Å². The Morgan fingerprint density at radius 3 is 2.38 bits per heavy atom. The average Bonchev–Trinajstić information content (AvgIpc) is 2.57. The largest absolute Gasteiger partial charge is 0.419 e. The molecule has 1 saturated heterocycles. The van der Waals surface area contributed by atoms with E-state index < -0.39 is 17.6 Å². The van der Waals surface area contributed by atoms with E-state index in [1.54, 1.807) is 19.3 Å². The smallest absolute Gasteiger partial charge is 0.319 e. The summed E-state index contributed by atoms with van der Waals surface area (Å²) in [4.78, 5) is 13.9. The van der Waals surface area contributed by atoms with Crippen molar-refractivity contribution in [3.63, 3.8) is 0 Å². The number of benzene rings is 1. The average molecular weight is 368 g/mol. The number of pyridine rings is 1. The fourth-order valence-electron chi connectivity index (χ4n) is 3.39. The number of aryl methyl sites for hydroxylation is 1. The summed E-state index contributed by atoms with van der Waals surface area (Å²) >= 11 is 0. The molecule has 0 amide bonds. The van der Waals surface area contributed by atoms with Gasteiger partial charge in [-0.05, 0) is 61.2 Å². The van der Waals surface area contributed by atoms with Crippen molar-refractivity contribution in [2.75, 3.05) is 13.1 Å². The van der Waals surface area contributed by atoms with Crippen molar-refractivity contribution in [2.24, 2.45) is 7.05 Å². The van der Waals surface area contributed by atoms with Crippen molar-refractivity contribution in [3.8, 4) is 0 Å². The number of likely N-dealkylation sites (tertiary alicyclic amines) is 1. The lowest BCUT2D eigenvalue weighted by Gasteiger charge is -2.32. The summed E-state index contributed by atoms with van der Waals surface area (Å²) in [5.41, 5.74) is 0.284. The van der Waals surface area contributed by atoms with Crippen LogP contribution >= 0.6 is 0 Å². The van der Waals surface area contributed by atoms with E-state index in [1.807, 2.05) is 6.07 Å². The fourth-order valence-corrected chi connectivity index (χ4v) is 3.39. The number of aromatic nitrogens is 1. The van der Waals surface area contributed by atoms with Crippen LogP contribution in [0.25, 0.3) is 0 Å². The zero-order valence-corrected chi connectivity index (χ0v) is 14.4. The Morgan fingerprint density at radius 2 is 1.81 bits per heavy atom. The van der Waals surface area contributed by atoms with Gasteiger partial charge in [0.2, 0.25) is 0 Å². The number of rotatable bonds is 3. The Balaban J connectivity index is 1.61. The van der Waals surface area contributed by atoms with Crippen molar-refractivity contribution >= 4 is 0 Å². The van der Waals surface area contributed by atoms with Gasteiger partial charge in [0.25, 0.3) is 5.56 Å². The molecule has 2 aromatic rings. The SMILES string of the molecule is Cn1ccc(C2CCN(Cc3ccc(C(F)(F)F)c(F)c3)CC2)cc1=O. The number of hydrogen-bond acceptors (Lipinski definition) is 2. The molecule has 7 heteroatoms. The minimum atomic E-state index is -4.67. The van der Waals surface area contributed by atoms with Crippen LogP contribution in [-0.2, 0) is 19.8 Å². The number of halogens is 4. The second kappa shape index (κ2) is 7.23. The molecule has 1 aliphatic heterocycles. The summed E-state index contributed by atoms with van der Waals surface area (Å²) in [6, 6.07) is 6.71. The molecule has 2 heterocycles. The molecule has 26 heavy (non-hydrogen) atoms. The van der Waals surface area contributed by atoms with Crippen LogP contribution in [0.4, 0.5) is 17.6 Å². The number of hydrogen-bond donors (Lipinski definition) is 0. The zero-order valence-electron chi connectivity index (χ0n) is 14.4. The van der Waals surface area contributed by atoms with E-state index in [2.05, 4.69) is 4.90 Å². The van der Waals surface area contributed by atoms with Gasteiger partial charge >= 0.3 is 6.18 Å². The van der Waals surface area contributed by atoms with Crippen molar-refractivity contribution in [3.05, 3.63) is 69.4 Å². The van der Waals surface area contributed by atoms with Gasteiger partial charge in [-0.15, -0.1) is 0 Å². The highest BCUT2D eigenvalue weighted by molar-refractivity contribution is 5.26. The van der Waals surface area contributed by atoms with Crippen LogP contribution in [-0.4, -0.2) is 22.6 Å². The Hall–Kier alpha value is -2.15. The first-order valence-electron chi connectivity index (χ1n) is 8.48. The Labute approximate surface area is 148 Å². The maximum atomic E-state index is 13.7. The van der Waals surface area contributed by atoms with Gasteiger partial charge in [0.1, 0.15) is 5.82 Å². The van der Waals surface area contributed by atoms with Crippen LogP contribution in [0.1, 0.15) is 35.4 Å². The highest BCUT2D eigenvalue weighted by Crippen LogP contribution is 2.32. The first-order valence-corrected chi connectivity index (χ1v) is 8.48. The second-order valence-electron chi connectivity index (χ2n) is 6.77. The summed E-state index contributed by atoms with van der Waals surface area (Å²) in [5, 5.41) is 0.